The van der Waals surface area contributed by atoms with Crippen LogP contribution >= 0.6 is 11.6 Å². The van der Waals surface area contributed by atoms with Crippen molar-refractivity contribution in [1.82, 2.24) is 24.6 Å². The summed E-state index contributed by atoms with van der Waals surface area (Å²) in [4.78, 5) is 38.8. The van der Waals surface area contributed by atoms with Crippen LogP contribution in [0, 0.1) is 0 Å². The first-order valence-electron chi connectivity index (χ1n) is 11.0. The number of hydrogen-bond donors (Lipinski definition) is 1. The Bertz CT molecular complexity index is 1340. The number of rotatable bonds is 4. The summed E-state index contributed by atoms with van der Waals surface area (Å²) in [5.41, 5.74) is 2.94. The molecule has 9 heteroatoms. The average molecular weight is 475 g/mol. The minimum atomic E-state index is -0.237. The van der Waals surface area contributed by atoms with Crippen molar-refractivity contribution in [2.75, 3.05) is 38.1 Å². The van der Waals surface area contributed by atoms with Crippen molar-refractivity contribution in [3.63, 3.8) is 0 Å². The van der Waals surface area contributed by atoms with E-state index in [2.05, 4.69) is 15.3 Å². The molecule has 34 heavy (non-hydrogen) atoms. The number of aromatic nitrogens is 3. The number of anilines is 1. The van der Waals surface area contributed by atoms with Crippen LogP contribution < -0.4 is 10.2 Å². The number of hydrogen-bond acceptors (Lipinski definition) is 5. The molecule has 2 amide bonds. The highest BCUT2D eigenvalue weighted by molar-refractivity contribution is 6.30. The Hall–Kier alpha value is -3.75. The molecule has 1 saturated heterocycles. The molecule has 2 aromatic carbocycles. The number of benzene rings is 2. The summed E-state index contributed by atoms with van der Waals surface area (Å²) in [5, 5.41) is 3.85. The average Bonchev–Trinajstić information content (AvgIpc) is 3.28. The highest BCUT2D eigenvalue weighted by Gasteiger charge is 2.25. The molecule has 0 spiro atoms. The van der Waals surface area contributed by atoms with Gasteiger partial charge in [-0.05, 0) is 42.5 Å². The van der Waals surface area contributed by atoms with Crippen LogP contribution in [-0.2, 0) is 0 Å². The number of imidazole rings is 1. The molecule has 0 saturated carbocycles. The van der Waals surface area contributed by atoms with Gasteiger partial charge in [-0.2, -0.15) is 0 Å². The first-order valence-corrected chi connectivity index (χ1v) is 11.4. The van der Waals surface area contributed by atoms with Gasteiger partial charge in [0.15, 0.2) is 0 Å². The Labute approximate surface area is 201 Å². The molecule has 1 fully saturated rings. The maximum Gasteiger partial charge on any atom is 0.277 e. The van der Waals surface area contributed by atoms with Crippen molar-refractivity contribution in [3.8, 4) is 11.3 Å². The first-order chi connectivity index (χ1) is 16.5. The molecule has 0 radical (unpaired) electrons. The summed E-state index contributed by atoms with van der Waals surface area (Å²) in [6.07, 6.45) is 3.41. The second kappa shape index (κ2) is 9.24. The van der Waals surface area contributed by atoms with Gasteiger partial charge in [-0.3, -0.25) is 14.0 Å². The Morgan fingerprint density at radius 2 is 1.74 bits per heavy atom. The Morgan fingerprint density at radius 1 is 1.03 bits per heavy atom. The third-order valence-electron chi connectivity index (χ3n) is 5.93. The predicted molar refractivity (Wildman–Crippen MR) is 131 cm³/mol. The van der Waals surface area contributed by atoms with E-state index in [1.165, 1.54) is 0 Å². The van der Waals surface area contributed by atoms with Crippen molar-refractivity contribution < 1.29 is 9.59 Å². The molecule has 1 aliphatic rings. The van der Waals surface area contributed by atoms with Crippen molar-refractivity contribution in [2.45, 2.75) is 0 Å². The maximum absolute atomic E-state index is 13.6. The molecule has 1 N–H and O–H groups in total. The van der Waals surface area contributed by atoms with Crippen LogP contribution in [0.4, 0.5) is 5.69 Å². The van der Waals surface area contributed by atoms with Crippen LogP contribution in [0.15, 0.2) is 67.0 Å². The fourth-order valence-corrected chi connectivity index (χ4v) is 4.18. The number of amides is 2. The molecule has 1 aliphatic heterocycles. The van der Waals surface area contributed by atoms with Gasteiger partial charge in [-0.15, -0.1) is 0 Å². The molecular formula is C25H23ClN6O2. The van der Waals surface area contributed by atoms with E-state index in [1.54, 1.807) is 71.2 Å². The van der Waals surface area contributed by atoms with Crippen LogP contribution in [0.3, 0.4) is 0 Å². The smallest absolute Gasteiger partial charge is 0.277 e. The molecule has 5 rings (SSSR count). The highest BCUT2D eigenvalue weighted by Crippen LogP contribution is 2.27. The maximum atomic E-state index is 13.6. The monoisotopic (exact) mass is 474 g/mol. The zero-order valence-corrected chi connectivity index (χ0v) is 19.4. The summed E-state index contributed by atoms with van der Waals surface area (Å²) in [6.45, 7) is 2.97. The van der Waals surface area contributed by atoms with Crippen LogP contribution in [0.2, 0.25) is 5.02 Å². The summed E-state index contributed by atoms with van der Waals surface area (Å²) in [5.74, 6) is 0.189. The zero-order chi connectivity index (χ0) is 23.7. The Kier molecular flexibility index (Phi) is 6.00. The van der Waals surface area contributed by atoms with Gasteiger partial charge in [0.05, 0.1) is 0 Å². The SMILES string of the molecule is CN(C(=O)c1c(-c2ccc(C(=O)N3CCNCC3)cc2)nc2ncccn12)c1ccc(Cl)cc1. The normalized spacial score (nSPS) is 13.8. The van der Waals surface area contributed by atoms with Gasteiger partial charge >= 0.3 is 0 Å². The minimum Gasteiger partial charge on any atom is -0.336 e. The summed E-state index contributed by atoms with van der Waals surface area (Å²) >= 11 is 6.01. The third kappa shape index (κ3) is 4.13. The van der Waals surface area contributed by atoms with E-state index in [-0.39, 0.29) is 11.8 Å². The van der Waals surface area contributed by atoms with Crippen LogP contribution in [0.1, 0.15) is 20.8 Å². The van der Waals surface area contributed by atoms with Crippen molar-refractivity contribution >= 4 is 34.9 Å². The highest BCUT2D eigenvalue weighted by atomic mass is 35.5. The molecule has 3 heterocycles. The molecule has 4 aromatic rings. The third-order valence-corrected chi connectivity index (χ3v) is 6.19. The first kappa shape index (κ1) is 22.1. The number of halogens is 1. The van der Waals surface area contributed by atoms with E-state index in [0.29, 0.717) is 46.5 Å². The number of fused-ring (bicyclic) bond motifs is 1. The van der Waals surface area contributed by atoms with Crippen molar-refractivity contribution in [1.29, 1.82) is 0 Å². The molecule has 172 valence electrons. The second-order valence-corrected chi connectivity index (χ2v) is 8.50. The van der Waals surface area contributed by atoms with Gasteiger partial charge in [0.2, 0.25) is 5.78 Å². The number of nitrogens with one attached hydrogen (secondary N) is 1. The Balaban J connectivity index is 1.51. The molecular weight excluding hydrogens is 452 g/mol. The predicted octanol–water partition coefficient (Wildman–Crippen LogP) is 3.37. The van der Waals surface area contributed by atoms with E-state index in [1.807, 2.05) is 17.0 Å². The summed E-state index contributed by atoms with van der Waals surface area (Å²) in [7, 11) is 1.71. The standard InChI is InChI=1S/C25H23ClN6O2/c1-30(20-9-7-19(26)8-10-20)24(34)22-21(29-25-28-11-2-14-32(22)25)17-3-5-18(6-4-17)23(33)31-15-12-27-13-16-31/h2-11,14,27H,12-13,15-16H2,1H3. The topological polar surface area (TPSA) is 82.8 Å². The molecule has 0 unspecified atom stereocenters. The Morgan fingerprint density at radius 3 is 2.44 bits per heavy atom. The quantitative estimate of drug-likeness (QED) is 0.490. The van der Waals surface area contributed by atoms with Crippen molar-refractivity contribution in [2.24, 2.45) is 0 Å². The second-order valence-electron chi connectivity index (χ2n) is 8.06. The van der Waals surface area contributed by atoms with Crippen LogP contribution in [0.5, 0.6) is 0 Å². The summed E-state index contributed by atoms with van der Waals surface area (Å²) < 4.78 is 1.68. The summed E-state index contributed by atoms with van der Waals surface area (Å²) in [6, 6.07) is 16.1. The van der Waals surface area contributed by atoms with E-state index in [9.17, 15) is 9.59 Å². The fraction of sp³-hybridized carbons (Fsp3) is 0.200. The fourth-order valence-electron chi connectivity index (χ4n) is 4.06. The lowest BCUT2D eigenvalue weighted by Crippen LogP contribution is -2.46. The van der Waals surface area contributed by atoms with Gasteiger partial charge in [-0.1, -0.05) is 23.7 Å². The number of nitrogens with zero attached hydrogens (tertiary/aromatic N) is 5. The van der Waals surface area contributed by atoms with Gasteiger partial charge in [-0.25, -0.2) is 9.97 Å². The molecule has 0 aliphatic carbocycles. The van der Waals surface area contributed by atoms with E-state index in [0.717, 1.165) is 18.7 Å². The lowest BCUT2D eigenvalue weighted by atomic mass is 10.1. The lowest BCUT2D eigenvalue weighted by Gasteiger charge is -2.27. The van der Waals surface area contributed by atoms with Gasteiger partial charge < -0.3 is 15.1 Å². The number of carbonyl (C=O) groups excluding carboxylic acids is 2. The molecule has 0 bridgehead atoms. The van der Waals surface area contributed by atoms with Gasteiger partial charge in [0, 0.05) is 67.5 Å². The van der Waals surface area contributed by atoms with E-state index < -0.39 is 0 Å². The van der Waals surface area contributed by atoms with Crippen LogP contribution in [-0.4, -0.2) is 64.3 Å². The lowest BCUT2D eigenvalue weighted by molar-refractivity contribution is 0.0735. The molecule has 0 atom stereocenters. The zero-order valence-electron chi connectivity index (χ0n) is 18.6. The minimum absolute atomic E-state index is 0.00323. The van der Waals surface area contributed by atoms with E-state index >= 15 is 0 Å². The van der Waals surface area contributed by atoms with Gasteiger partial charge in [0.1, 0.15) is 11.4 Å². The number of carbonyl (C=O) groups is 2. The van der Waals surface area contributed by atoms with Crippen LogP contribution in [0.25, 0.3) is 17.0 Å². The molecule has 2 aromatic heterocycles. The molecule has 8 nitrogen and oxygen atoms in total. The largest absolute Gasteiger partial charge is 0.336 e. The van der Waals surface area contributed by atoms with Crippen molar-refractivity contribution in [3.05, 3.63) is 83.3 Å². The number of piperazine rings is 1. The van der Waals surface area contributed by atoms with E-state index in [4.69, 9.17) is 11.6 Å². The van der Waals surface area contributed by atoms with Gasteiger partial charge in [0.25, 0.3) is 11.8 Å².